The summed E-state index contributed by atoms with van der Waals surface area (Å²) in [5, 5.41) is 0. The molecule has 0 aromatic rings. The Labute approximate surface area is 146 Å². The van der Waals surface area contributed by atoms with E-state index < -0.39 is 0 Å². The lowest BCUT2D eigenvalue weighted by Gasteiger charge is -2.02. The summed E-state index contributed by atoms with van der Waals surface area (Å²) in [7, 11) is 1.41. The molecule has 22 heavy (non-hydrogen) atoms. The Bertz CT molecular complexity index is 287. The molecular weight excluding hydrogens is 340 g/mol. The van der Waals surface area contributed by atoms with Crippen molar-refractivity contribution in [2.24, 2.45) is 0 Å². The number of halogens is 1. The van der Waals surface area contributed by atoms with Gasteiger partial charge in [-0.05, 0) is 28.8 Å². The molecule has 0 rings (SSSR count). The molecule has 0 aromatic carbocycles. The Morgan fingerprint density at radius 3 is 1.64 bits per heavy atom. The maximum absolute atomic E-state index is 11.1. The maximum Gasteiger partial charge on any atom is 0.344 e. The second-order valence-electron chi connectivity index (χ2n) is 6.07. The van der Waals surface area contributed by atoms with Crippen LogP contribution >= 0.6 is 15.9 Å². The lowest BCUT2D eigenvalue weighted by molar-refractivity contribution is -0.135. The van der Waals surface area contributed by atoms with Crippen LogP contribution in [-0.2, 0) is 9.53 Å². The Morgan fingerprint density at radius 1 is 0.818 bits per heavy atom. The molecule has 0 aliphatic heterocycles. The van der Waals surface area contributed by atoms with E-state index in [4.69, 9.17) is 0 Å². The first-order valence-corrected chi connectivity index (χ1v) is 9.95. The van der Waals surface area contributed by atoms with Crippen molar-refractivity contribution in [1.82, 2.24) is 0 Å². The molecule has 0 amide bonds. The van der Waals surface area contributed by atoms with E-state index in [2.05, 4.69) is 27.6 Å². The van der Waals surface area contributed by atoms with Gasteiger partial charge in [-0.1, -0.05) is 90.0 Å². The first-order chi connectivity index (χ1) is 10.7. The summed E-state index contributed by atoms with van der Waals surface area (Å²) in [6.07, 6.45) is 20.6. The van der Waals surface area contributed by atoms with Gasteiger partial charge in [0.1, 0.15) is 0 Å². The average Bonchev–Trinajstić information content (AvgIpc) is 2.54. The standard InChI is InChI=1S/C19H35BrO2/c1-3-4-5-6-7-8-9-10-11-12-13-14-15-16-17-18(20)19(21)22-2/h17H,3-16H2,1-2H3/b18-17-. The number of carbonyl (C=O) groups excluding carboxylic acids is 1. The Hall–Kier alpha value is -0.310. The van der Waals surface area contributed by atoms with Gasteiger partial charge < -0.3 is 4.74 Å². The molecule has 0 fully saturated rings. The van der Waals surface area contributed by atoms with Gasteiger partial charge in [0.05, 0.1) is 11.6 Å². The molecule has 2 nitrogen and oxygen atoms in total. The zero-order valence-electron chi connectivity index (χ0n) is 14.7. The van der Waals surface area contributed by atoms with E-state index in [9.17, 15) is 4.79 Å². The lowest BCUT2D eigenvalue weighted by Crippen LogP contribution is -1.98. The third-order valence-electron chi connectivity index (χ3n) is 4.01. The van der Waals surface area contributed by atoms with Gasteiger partial charge in [0, 0.05) is 0 Å². The molecule has 3 heteroatoms. The van der Waals surface area contributed by atoms with Crippen molar-refractivity contribution in [3.8, 4) is 0 Å². The van der Waals surface area contributed by atoms with E-state index in [0.29, 0.717) is 4.48 Å². The molecule has 0 unspecified atom stereocenters. The second kappa shape index (κ2) is 17.1. The molecular formula is C19H35BrO2. The van der Waals surface area contributed by atoms with E-state index in [1.807, 2.05) is 6.08 Å². The summed E-state index contributed by atoms with van der Waals surface area (Å²) in [5.74, 6) is -0.283. The molecule has 0 saturated carbocycles. The normalized spacial score (nSPS) is 11.7. The van der Waals surface area contributed by atoms with Crippen LogP contribution in [0.2, 0.25) is 0 Å². The number of allylic oxidation sites excluding steroid dienone is 1. The van der Waals surface area contributed by atoms with Crippen LogP contribution in [0.25, 0.3) is 0 Å². The highest BCUT2D eigenvalue weighted by Crippen LogP contribution is 2.14. The minimum atomic E-state index is -0.283. The van der Waals surface area contributed by atoms with E-state index in [1.165, 1.54) is 84.2 Å². The summed E-state index contributed by atoms with van der Waals surface area (Å²) in [6, 6.07) is 0. The predicted molar refractivity (Wildman–Crippen MR) is 99.3 cm³/mol. The molecule has 0 aromatic heterocycles. The molecule has 0 heterocycles. The number of hydrogen-bond acceptors (Lipinski definition) is 2. The summed E-state index contributed by atoms with van der Waals surface area (Å²) >= 11 is 3.23. The number of rotatable bonds is 15. The van der Waals surface area contributed by atoms with E-state index in [0.717, 1.165) is 12.8 Å². The fraction of sp³-hybridized carbons (Fsp3) is 0.842. The van der Waals surface area contributed by atoms with Crippen molar-refractivity contribution in [3.05, 3.63) is 10.6 Å². The summed E-state index contributed by atoms with van der Waals surface area (Å²) in [6.45, 7) is 2.27. The van der Waals surface area contributed by atoms with Crippen molar-refractivity contribution in [2.75, 3.05) is 7.11 Å². The number of methoxy groups -OCH3 is 1. The minimum absolute atomic E-state index is 0.283. The zero-order chi connectivity index (χ0) is 16.5. The lowest BCUT2D eigenvalue weighted by atomic mass is 10.0. The fourth-order valence-electron chi connectivity index (χ4n) is 2.57. The van der Waals surface area contributed by atoms with Crippen molar-refractivity contribution >= 4 is 21.9 Å². The fourth-order valence-corrected chi connectivity index (χ4v) is 2.96. The molecule has 0 bridgehead atoms. The molecule has 0 radical (unpaired) electrons. The first-order valence-electron chi connectivity index (χ1n) is 9.16. The first kappa shape index (κ1) is 21.7. The van der Waals surface area contributed by atoms with Gasteiger partial charge >= 0.3 is 5.97 Å². The van der Waals surface area contributed by atoms with Crippen LogP contribution in [0, 0.1) is 0 Å². The highest BCUT2D eigenvalue weighted by atomic mass is 79.9. The highest BCUT2D eigenvalue weighted by Gasteiger charge is 2.03. The average molecular weight is 375 g/mol. The number of carbonyl (C=O) groups is 1. The molecule has 130 valence electrons. The third-order valence-corrected chi connectivity index (χ3v) is 4.66. The second-order valence-corrected chi connectivity index (χ2v) is 6.93. The van der Waals surface area contributed by atoms with E-state index >= 15 is 0 Å². The number of ether oxygens (including phenoxy) is 1. The molecule has 0 aliphatic rings. The number of unbranched alkanes of at least 4 members (excludes halogenated alkanes) is 13. The minimum Gasteiger partial charge on any atom is -0.465 e. The highest BCUT2D eigenvalue weighted by molar-refractivity contribution is 9.12. The third kappa shape index (κ3) is 14.6. The van der Waals surface area contributed by atoms with Crippen LogP contribution < -0.4 is 0 Å². The summed E-state index contributed by atoms with van der Waals surface area (Å²) in [5.41, 5.74) is 0. The Kier molecular flexibility index (Phi) is 16.8. The largest absolute Gasteiger partial charge is 0.465 e. The van der Waals surface area contributed by atoms with Crippen molar-refractivity contribution in [2.45, 2.75) is 96.8 Å². The number of hydrogen-bond donors (Lipinski definition) is 0. The van der Waals surface area contributed by atoms with Crippen LogP contribution in [0.3, 0.4) is 0 Å². The summed E-state index contributed by atoms with van der Waals surface area (Å²) in [4.78, 5) is 11.1. The SMILES string of the molecule is CCCCCCCCCCCCCCC/C=C(\Br)C(=O)OC. The van der Waals surface area contributed by atoms with E-state index in [-0.39, 0.29) is 5.97 Å². The quantitative estimate of drug-likeness (QED) is 0.176. The zero-order valence-corrected chi connectivity index (χ0v) is 16.3. The van der Waals surface area contributed by atoms with Crippen LogP contribution in [0.5, 0.6) is 0 Å². The van der Waals surface area contributed by atoms with Gasteiger partial charge in [-0.2, -0.15) is 0 Å². The maximum atomic E-state index is 11.1. The van der Waals surface area contributed by atoms with E-state index in [1.54, 1.807) is 0 Å². The molecule has 0 spiro atoms. The van der Waals surface area contributed by atoms with Crippen molar-refractivity contribution < 1.29 is 9.53 Å². The Morgan fingerprint density at radius 2 is 1.23 bits per heavy atom. The van der Waals surface area contributed by atoms with Gasteiger partial charge in [0.25, 0.3) is 0 Å². The van der Waals surface area contributed by atoms with Crippen LogP contribution in [0.1, 0.15) is 96.8 Å². The van der Waals surface area contributed by atoms with Gasteiger partial charge in [-0.25, -0.2) is 4.79 Å². The molecule has 0 aliphatic carbocycles. The monoisotopic (exact) mass is 374 g/mol. The van der Waals surface area contributed by atoms with Crippen molar-refractivity contribution in [1.29, 1.82) is 0 Å². The smallest absolute Gasteiger partial charge is 0.344 e. The topological polar surface area (TPSA) is 26.3 Å². The van der Waals surface area contributed by atoms with Gasteiger partial charge in [-0.15, -0.1) is 0 Å². The molecule has 0 N–H and O–H groups in total. The van der Waals surface area contributed by atoms with Gasteiger partial charge in [-0.3, -0.25) is 0 Å². The molecule has 0 atom stereocenters. The Balaban J connectivity index is 3.19. The van der Waals surface area contributed by atoms with Gasteiger partial charge in [0.15, 0.2) is 0 Å². The predicted octanol–water partition coefficient (Wildman–Crippen LogP) is 6.92. The van der Waals surface area contributed by atoms with Gasteiger partial charge in [0.2, 0.25) is 0 Å². The van der Waals surface area contributed by atoms with Crippen LogP contribution in [0.4, 0.5) is 0 Å². The summed E-state index contributed by atoms with van der Waals surface area (Å²) < 4.78 is 5.18. The number of esters is 1. The van der Waals surface area contributed by atoms with Crippen LogP contribution in [0.15, 0.2) is 10.6 Å². The molecule has 0 saturated heterocycles. The van der Waals surface area contributed by atoms with Crippen molar-refractivity contribution in [3.63, 3.8) is 0 Å². The van der Waals surface area contributed by atoms with Crippen LogP contribution in [-0.4, -0.2) is 13.1 Å².